The molecule has 20 heavy (non-hydrogen) atoms. The summed E-state index contributed by atoms with van der Waals surface area (Å²) >= 11 is 0. The first kappa shape index (κ1) is 14.1. The Labute approximate surface area is 119 Å². The highest BCUT2D eigenvalue weighted by Crippen LogP contribution is 2.15. The number of hydrogen-bond acceptors (Lipinski definition) is 3. The summed E-state index contributed by atoms with van der Waals surface area (Å²) in [4.78, 5) is 14.2. The number of nitrogens with zero attached hydrogens (tertiary/aromatic N) is 1. The van der Waals surface area contributed by atoms with Crippen LogP contribution in [-0.4, -0.2) is 20.0 Å². The van der Waals surface area contributed by atoms with Gasteiger partial charge in [0.2, 0.25) is 0 Å². The topological polar surface area (TPSA) is 58.4 Å². The second-order valence-corrected chi connectivity index (χ2v) is 4.80. The minimum absolute atomic E-state index is 0.116. The number of carbonyl (C=O) groups excluding carboxylic acids is 1. The first-order valence-electron chi connectivity index (χ1n) is 6.48. The molecule has 0 spiro atoms. The van der Waals surface area contributed by atoms with Crippen molar-refractivity contribution in [2.45, 2.75) is 6.54 Å². The molecule has 2 aromatic rings. The van der Waals surface area contributed by atoms with Crippen molar-refractivity contribution in [2.75, 3.05) is 24.3 Å². The highest BCUT2D eigenvalue weighted by Gasteiger charge is 2.07. The zero-order valence-corrected chi connectivity index (χ0v) is 11.8. The Balaban J connectivity index is 2.12. The van der Waals surface area contributed by atoms with Gasteiger partial charge in [0.25, 0.3) is 5.91 Å². The van der Waals surface area contributed by atoms with Gasteiger partial charge < -0.3 is 16.0 Å². The summed E-state index contributed by atoms with van der Waals surface area (Å²) in [6.45, 7) is 0.499. The molecule has 0 aromatic heterocycles. The second kappa shape index (κ2) is 6.21. The lowest BCUT2D eigenvalue weighted by Gasteiger charge is -2.13. The van der Waals surface area contributed by atoms with Crippen molar-refractivity contribution in [3.63, 3.8) is 0 Å². The van der Waals surface area contributed by atoms with Gasteiger partial charge in [0.1, 0.15) is 0 Å². The van der Waals surface area contributed by atoms with Gasteiger partial charge in [0.05, 0.1) is 0 Å². The summed E-state index contributed by atoms with van der Waals surface area (Å²) in [7, 11) is 3.89. The van der Waals surface area contributed by atoms with Gasteiger partial charge in [0, 0.05) is 37.6 Å². The average Bonchev–Trinajstić information content (AvgIpc) is 2.48. The SMILES string of the molecule is CN(C)c1cccc(C(=O)Nc2ccc(CN)cc2)c1. The van der Waals surface area contributed by atoms with E-state index in [0.29, 0.717) is 12.1 Å². The largest absolute Gasteiger partial charge is 0.378 e. The van der Waals surface area contributed by atoms with E-state index in [0.717, 1.165) is 16.9 Å². The van der Waals surface area contributed by atoms with Gasteiger partial charge in [-0.25, -0.2) is 0 Å². The first-order valence-corrected chi connectivity index (χ1v) is 6.48. The van der Waals surface area contributed by atoms with Crippen molar-refractivity contribution in [1.82, 2.24) is 0 Å². The Morgan fingerprint density at radius 3 is 2.45 bits per heavy atom. The number of nitrogens with two attached hydrogens (primary N) is 1. The predicted molar refractivity (Wildman–Crippen MR) is 83.1 cm³/mol. The molecule has 0 aliphatic heterocycles. The zero-order valence-electron chi connectivity index (χ0n) is 11.8. The summed E-state index contributed by atoms with van der Waals surface area (Å²) < 4.78 is 0. The molecule has 2 rings (SSSR count). The van der Waals surface area contributed by atoms with Crippen molar-refractivity contribution < 1.29 is 4.79 Å². The molecule has 0 saturated heterocycles. The predicted octanol–water partition coefficient (Wildman–Crippen LogP) is 2.46. The van der Waals surface area contributed by atoms with Gasteiger partial charge in [-0.3, -0.25) is 4.79 Å². The Morgan fingerprint density at radius 2 is 1.85 bits per heavy atom. The third-order valence-corrected chi connectivity index (χ3v) is 3.07. The van der Waals surface area contributed by atoms with Crippen LogP contribution >= 0.6 is 0 Å². The molecule has 0 heterocycles. The quantitative estimate of drug-likeness (QED) is 0.896. The van der Waals surface area contributed by atoms with Gasteiger partial charge in [-0.2, -0.15) is 0 Å². The number of nitrogens with one attached hydrogen (secondary N) is 1. The molecule has 1 amide bonds. The number of benzene rings is 2. The van der Waals surface area contributed by atoms with Crippen LogP contribution in [0, 0.1) is 0 Å². The molecule has 3 N–H and O–H groups in total. The fraction of sp³-hybridized carbons (Fsp3) is 0.188. The van der Waals surface area contributed by atoms with E-state index in [4.69, 9.17) is 5.73 Å². The Hall–Kier alpha value is -2.33. The molecule has 2 aromatic carbocycles. The maximum atomic E-state index is 12.2. The fourth-order valence-electron chi connectivity index (χ4n) is 1.85. The van der Waals surface area contributed by atoms with E-state index in [1.165, 1.54) is 0 Å². The molecule has 0 aliphatic carbocycles. The lowest BCUT2D eigenvalue weighted by atomic mass is 10.1. The maximum Gasteiger partial charge on any atom is 0.255 e. The van der Waals surface area contributed by atoms with E-state index in [-0.39, 0.29) is 5.91 Å². The molecule has 0 unspecified atom stereocenters. The summed E-state index contributed by atoms with van der Waals surface area (Å²) in [5.74, 6) is -0.116. The minimum Gasteiger partial charge on any atom is -0.378 e. The highest BCUT2D eigenvalue weighted by atomic mass is 16.1. The highest BCUT2D eigenvalue weighted by molar-refractivity contribution is 6.04. The van der Waals surface area contributed by atoms with Crippen molar-refractivity contribution in [2.24, 2.45) is 5.73 Å². The van der Waals surface area contributed by atoms with Crippen molar-refractivity contribution in [3.05, 3.63) is 59.7 Å². The summed E-state index contributed by atoms with van der Waals surface area (Å²) in [5, 5.41) is 2.88. The number of carbonyl (C=O) groups is 1. The Kier molecular flexibility index (Phi) is 4.38. The zero-order chi connectivity index (χ0) is 14.5. The molecule has 4 heteroatoms. The van der Waals surface area contributed by atoms with Crippen LogP contribution in [0.4, 0.5) is 11.4 Å². The molecule has 0 fully saturated rings. The van der Waals surface area contributed by atoms with E-state index < -0.39 is 0 Å². The molecule has 104 valence electrons. The van der Waals surface area contributed by atoms with E-state index in [2.05, 4.69) is 5.32 Å². The van der Waals surface area contributed by atoms with Crippen LogP contribution in [0.3, 0.4) is 0 Å². The molecule has 0 aliphatic rings. The number of rotatable bonds is 4. The second-order valence-electron chi connectivity index (χ2n) is 4.80. The normalized spacial score (nSPS) is 10.2. The fourth-order valence-corrected chi connectivity index (χ4v) is 1.85. The van der Waals surface area contributed by atoms with Gasteiger partial charge >= 0.3 is 0 Å². The lowest BCUT2D eigenvalue weighted by Crippen LogP contribution is -2.14. The number of anilines is 2. The third kappa shape index (κ3) is 3.36. The van der Waals surface area contributed by atoms with Crippen LogP contribution in [-0.2, 0) is 6.54 Å². The van der Waals surface area contributed by atoms with Crippen LogP contribution < -0.4 is 16.0 Å². The van der Waals surface area contributed by atoms with E-state index >= 15 is 0 Å². The summed E-state index contributed by atoms with van der Waals surface area (Å²) in [6, 6.07) is 15.0. The molecular formula is C16H19N3O. The van der Waals surface area contributed by atoms with Gasteiger partial charge in [-0.05, 0) is 35.9 Å². The number of amides is 1. The maximum absolute atomic E-state index is 12.2. The van der Waals surface area contributed by atoms with Crippen LogP contribution in [0.25, 0.3) is 0 Å². The Bertz CT molecular complexity index is 591. The molecule has 0 atom stereocenters. The smallest absolute Gasteiger partial charge is 0.255 e. The molecule has 4 nitrogen and oxygen atoms in total. The minimum atomic E-state index is -0.116. The van der Waals surface area contributed by atoms with Crippen LogP contribution in [0.5, 0.6) is 0 Å². The van der Waals surface area contributed by atoms with Gasteiger partial charge in [0.15, 0.2) is 0 Å². The summed E-state index contributed by atoms with van der Waals surface area (Å²) in [6.07, 6.45) is 0. The van der Waals surface area contributed by atoms with Crippen LogP contribution in [0.15, 0.2) is 48.5 Å². The average molecular weight is 269 g/mol. The monoisotopic (exact) mass is 269 g/mol. The number of hydrogen-bond donors (Lipinski definition) is 2. The van der Waals surface area contributed by atoms with E-state index in [1.54, 1.807) is 6.07 Å². The standard InChI is InChI=1S/C16H19N3O/c1-19(2)15-5-3-4-13(10-15)16(20)18-14-8-6-12(11-17)7-9-14/h3-10H,11,17H2,1-2H3,(H,18,20). The van der Waals surface area contributed by atoms with Gasteiger partial charge in [-0.1, -0.05) is 18.2 Å². The molecular weight excluding hydrogens is 250 g/mol. The molecule has 0 saturated carbocycles. The van der Waals surface area contributed by atoms with E-state index in [1.807, 2.05) is 61.5 Å². The van der Waals surface area contributed by atoms with E-state index in [9.17, 15) is 4.79 Å². The van der Waals surface area contributed by atoms with Crippen molar-refractivity contribution in [3.8, 4) is 0 Å². The molecule has 0 bridgehead atoms. The van der Waals surface area contributed by atoms with Crippen LogP contribution in [0.2, 0.25) is 0 Å². The van der Waals surface area contributed by atoms with Crippen LogP contribution in [0.1, 0.15) is 15.9 Å². The summed E-state index contributed by atoms with van der Waals surface area (Å²) in [5.41, 5.74) is 8.99. The van der Waals surface area contributed by atoms with Crippen molar-refractivity contribution in [1.29, 1.82) is 0 Å². The first-order chi connectivity index (χ1) is 9.60. The Morgan fingerprint density at radius 1 is 1.15 bits per heavy atom. The third-order valence-electron chi connectivity index (χ3n) is 3.07. The lowest BCUT2D eigenvalue weighted by molar-refractivity contribution is 0.102. The van der Waals surface area contributed by atoms with Crippen molar-refractivity contribution >= 4 is 17.3 Å². The van der Waals surface area contributed by atoms with Gasteiger partial charge in [-0.15, -0.1) is 0 Å². The molecule has 0 radical (unpaired) electrons.